The predicted octanol–water partition coefficient (Wildman–Crippen LogP) is 3.78. The molecule has 4 nitrogen and oxygen atoms in total. The number of amides is 1. The number of hydrogen-bond acceptors (Lipinski definition) is 2. The van der Waals surface area contributed by atoms with Gasteiger partial charge in [0, 0.05) is 43.2 Å². The van der Waals surface area contributed by atoms with E-state index in [9.17, 15) is 4.79 Å². The van der Waals surface area contributed by atoms with E-state index in [4.69, 9.17) is 0 Å². The number of benzene rings is 2. The molecule has 1 aliphatic heterocycles. The van der Waals surface area contributed by atoms with Crippen LogP contribution in [0.5, 0.6) is 0 Å². The van der Waals surface area contributed by atoms with E-state index in [2.05, 4.69) is 58.9 Å². The summed E-state index contributed by atoms with van der Waals surface area (Å²) < 4.78 is 2.00. The van der Waals surface area contributed by atoms with Gasteiger partial charge in [-0.2, -0.15) is 5.10 Å². The molecule has 4 heteroatoms. The first-order valence-electron chi connectivity index (χ1n) is 9.69. The monoisotopic (exact) mass is 359 g/mol. The Kier molecular flexibility index (Phi) is 5.33. The van der Waals surface area contributed by atoms with Gasteiger partial charge in [-0.3, -0.25) is 9.48 Å². The van der Waals surface area contributed by atoms with E-state index >= 15 is 0 Å². The molecule has 1 unspecified atom stereocenters. The third-order valence-electron chi connectivity index (χ3n) is 5.46. The van der Waals surface area contributed by atoms with Gasteiger partial charge in [0.2, 0.25) is 5.91 Å². The third-order valence-corrected chi connectivity index (χ3v) is 5.46. The van der Waals surface area contributed by atoms with Gasteiger partial charge < -0.3 is 5.32 Å². The molecule has 0 saturated heterocycles. The van der Waals surface area contributed by atoms with Crippen LogP contribution in [0, 0.1) is 5.92 Å². The summed E-state index contributed by atoms with van der Waals surface area (Å²) >= 11 is 0. The summed E-state index contributed by atoms with van der Waals surface area (Å²) in [6, 6.07) is 23.1. The zero-order chi connectivity index (χ0) is 18.5. The minimum absolute atomic E-state index is 0.0566. The fraction of sp³-hybridized carbons (Fsp3) is 0.304. The van der Waals surface area contributed by atoms with Gasteiger partial charge >= 0.3 is 0 Å². The highest BCUT2D eigenvalue weighted by Crippen LogP contribution is 2.27. The summed E-state index contributed by atoms with van der Waals surface area (Å²) in [5.74, 6) is 0.518. The van der Waals surface area contributed by atoms with E-state index in [1.54, 1.807) is 0 Å². The van der Waals surface area contributed by atoms with E-state index < -0.39 is 0 Å². The zero-order valence-corrected chi connectivity index (χ0v) is 15.4. The molecule has 2 heterocycles. The van der Waals surface area contributed by atoms with Crippen LogP contribution in [0.15, 0.2) is 72.9 Å². The number of fused-ring (bicyclic) bond motifs is 1. The Labute approximate surface area is 160 Å². The molecule has 4 rings (SSSR count). The molecule has 0 saturated carbocycles. The standard InChI is InChI=1S/C23H25N3O/c27-23(20-13-16-26-21(17-20)11-15-25-26)24-14-12-22(18-7-3-1-4-8-18)19-9-5-2-6-10-19/h1-11,15,20,22H,12-14,16-17H2,(H,24,27). The molecule has 1 aromatic heterocycles. The predicted molar refractivity (Wildman–Crippen MR) is 106 cm³/mol. The molecule has 1 amide bonds. The fourth-order valence-electron chi connectivity index (χ4n) is 3.97. The topological polar surface area (TPSA) is 46.9 Å². The lowest BCUT2D eigenvalue weighted by atomic mass is 9.88. The first-order chi connectivity index (χ1) is 13.3. The third kappa shape index (κ3) is 4.11. The lowest BCUT2D eigenvalue weighted by Gasteiger charge is -2.23. The van der Waals surface area contributed by atoms with E-state index in [-0.39, 0.29) is 11.8 Å². The van der Waals surface area contributed by atoms with Crippen LogP contribution in [0.4, 0.5) is 0 Å². The largest absolute Gasteiger partial charge is 0.356 e. The normalized spacial score (nSPS) is 16.1. The van der Waals surface area contributed by atoms with Gasteiger partial charge in [0.15, 0.2) is 0 Å². The molecule has 0 bridgehead atoms. The second kappa shape index (κ2) is 8.21. The maximum atomic E-state index is 12.6. The van der Waals surface area contributed by atoms with Crippen LogP contribution in [0.3, 0.4) is 0 Å². The summed E-state index contributed by atoms with van der Waals surface area (Å²) in [4.78, 5) is 12.6. The highest BCUT2D eigenvalue weighted by Gasteiger charge is 2.25. The lowest BCUT2D eigenvalue weighted by Crippen LogP contribution is -2.36. The number of rotatable bonds is 6. The molecule has 0 spiro atoms. The van der Waals surface area contributed by atoms with Crippen molar-refractivity contribution in [2.75, 3.05) is 6.54 Å². The van der Waals surface area contributed by atoms with Crippen LogP contribution in [-0.4, -0.2) is 22.2 Å². The minimum atomic E-state index is 0.0566. The highest BCUT2D eigenvalue weighted by atomic mass is 16.1. The summed E-state index contributed by atoms with van der Waals surface area (Å²) in [6.45, 7) is 1.51. The molecule has 1 N–H and O–H groups in total. The molecule has 1 aliphatic rings. The summed E-state index contributed by atoms with van der Waals surface area (Å²) in [7, 11) is 0. The summed E-state index contributed by atoms with van der Waals surface area (Å²) in [5.41, 5.74) is 3.74. The number of aryl methyl sites for hydroxylation is 1. The molecular weight excluding hydrogens is 334 g/mol. The second-order valence-corrected chi connectivity index (χ2v) is 7.19. The Bertz CT molecular complexity index is 833. The van der Waals surface area contributed by atoms with Gasteiger partial charge in [0.1, 0.15) is 0 Å². The zero-order valence-electron chi connectivity index (χ0n) is 15.4. The maximum Gasteiger partial charge on any atom is 0.223 e. The van der Waals surface area contributed by atoms with Crippen molar-refractivity contribution in [1.82, 2.24) is 15.1 Å². The van der Waals surface area contributed by atoms with Crippen molar-refractivity contribution in [3.63, 3.8) is 0 Å². The van der Waals surface area contributed by atoms with Gasteiger partial charge in [-0.05, 0) is 30.0 Å². The Hall–Kier alpha value is -2.88. The van der Waals surface area contributed by atoms with Crippen molar-refractivity contribution < 1.29 is 4.79 Å². The Morgan fingerprint density at radius 2 is 1.70 bits per heavy atom. The molecule has 27 heavy (non-hydrogen) atoms. The van der Waals surface area contributed by atoms with E-state index in [1.807, 2.05) is 29.1 Å². The number of nitrogens with zero attached hydrogens (tertiary/aromatic N) is 2. The first-order valence-corrected chi connectivity index (χ1v) is 9.69. The molecule has 0 aliphatic carbocycles. The van der Waals surface area contributed by atoms with Crippen molar-refractivity contribution >= 4 is 5.91 Å². The number of aromatic nitrogens is 2. The molecule has 138 valence electrons. The minimum Gasteiger partial charge on any atom is -0.356 e. The lowest BCUT2D eigenvalue weighted by molar-refractivity contribution is -0.125. The molecule has 0 radical (unpaired) electrons. The van der Waals surface area contributed by atoms with E-state index in [1.165, 1.54) is 11.1 Å². The highest BCUT2D eigenvalue weighted by molar-refractivity contribution is 5.79. The van der Waals surface area contributed by atoms with Crippen LogP contribution in [0.2, 0.25) is 0 Å². The van der Waals surface area contributed by atoms with E-state index in [0.717, 1.165) is 31.5 Å². The second-order valence-electron chi connectivity index (χ2n) is 7.19. The van der Waals surface area contributed by atoms with Crippen LogP contribution < -0.4 is 5.32 Å². The number of carbonyl (C=O) groups excluding carboxylic acids is 1. The van der Waals surface area contributed by atoms with Gasteiger partial charge in [-0.25, -0.2) is 0 Å². The summed E-state index contributed by atoms with van der Waals surface area (Å²) in [5, 5.41) is 7.46. The molecule has 1 atom stereocenters. The van der Waals surface area contributed by atoms with Crippen LogP contribution in [-0.2, 0) is 17.8 Å². The van der Waals surface area contributed by atoms with Crippen molar-refractivity contribution in [2.24, 2.45) is 5.92 Å². The Morgan fingerprint density at radius 3 is 2.37 bits per heavy atom. The van der Waals surface area contributed by atoms with Gasteiger partial charge in [-0.1, -0.05) is 60.7 Å². The Morgan fingerprint density at radius 1 is 1.04 bits per heavy atom. The van der Waals surface area contributed by atoms with Crippen LogP contribution in [0.25, 0.3) is 0 Å². The first kappa shape index (κ1) is 17.5. The van der Waals surface area contributed by atoms with E-state index in [0.29, 0.717) is 12.5 Å². The van der Waals surface area contributed by atoms with Gasteiger partial charge in [0.05, 0.1) is 0 Å². The molecule has 3 aromatic rings. The SMILES string of the molecule is O=C(NCCC(c1ccccc1)c1ccccc1)C1CCn2nccc2C1. The van der Waals surface area contributed by atoms with Crippen LogP contribution in [0.1, 0.15) is 35.6 Å². The van der Waals surface area contributed by atoms with Gasteiger partial charge in [-0.15, -0.1) is 0 Å². The molecule has 2 aromatic carbocycles. The smallest absolute Gasteiger partial charge is 0.223 e. The fourth-order valence-corrected chi connectivity index (χ4v) is 3.97. The number of carbonyl (C=O) groups is 1. The van der Waals surface area contributed by atoms with Crippen molar-refractivity contribution in [1.29, 1.82) is 0 Å². The van der Waals surface area contributed by atoms with Crippen LogP contribution >= 0.6 is 0 Å². The van der Waals surface area contributed by atoms with Gasteiger partial charge in [0.25, 0.3) is 0 Å². The van der Waals surface area contributed by atoms with Crippen molar-refractivity contribution in [3.8, 4) is 0 Å². The molecule has 0 fully saturated rings. The number of nitrogens with one attached hydrogen (secondary N) is 1. The van der Waals surface area contributed by atoms with Crippen molar-refractivity contribution in [2.45, 2.75) is 31.7 Å². The number of hydrogen-bond donors (Lipinski definition) is 1. The average Bonchev–Trinajstić information content (AvgIpc) is 3.20. The average molecular weight is 359 g/mol. The van der Waals surface area contributed by atoms with Crippen molar-refractivity contribution in [3.05, 3.63) is 89.7 Å². The molecular formula is C23H25N3O. The summed E-state index contributed by atoms with van der Waals surface area (Å²) in [6.07, 6.45) is 4.36. The quantitative estimate of drug-likeness (QED) is 0.728. The Balaban J connectivity index is 1.38. The maximum absolute atomic E-state index is 12.6.